The van der Waals surface area contributed by atoms with Crippen molar-refractivity contribution in [2.24, 2.45) is 0 Å². The largest absolute Gasteiger partial charge is 0.497 e. The van der Waals surface area contributed by atoms with Crippen molar-refractivity contribution in [1.82, 2.24) is 5.32 Å². The van der Waals surface area contributed by atoms with Gasteiger partial charge >= 0.3 is 0 Å². The van der Waals surface area contributed by atoms with E-state index in [1.54, 1.807) is 45.2 Å². The van der Waals surface area contributed by atoms with Crippen LogP contribution in [0, 0.1) is 5.82 Å². The summed E-state index contributed by atoms with van der Waals surface area (Å²) in [5.41, 5.74) is 1.14. The lowest BCUT2D eigenvalue weighted by Gasteiger charge is -2.27. The van der Waals surface area contributed by atoms with Gasteiger partial charge in [-0.1, -0.05) is 11.6 Å². The first-order chi connectivity index (χ1) is 15.4. The summed E-state index contributed by atoms with van der Waals surface area (Å²) in [5.74, 6) is 0.528. The molecule has 3 atom stereocenters. The van der Waals surface area contributed by atoms with Crippen molar-refractivity contribution in [2.45, 2.75) is 58.2 Å². The van der Waals surface area contributed by atoms with E-state index in [-0.39, 0.29) is 23.8 Å². The minimum Gasteiger partial charge on any atom is -0.497 e. The van der Waals surface area contributed by atoms with Gasteiger partial charge in [0.2, 0.25) is 5.91 Å². The molecule has 0 aliphatic carbocycles. The average Bonchev–Trinajstić information content (AvgIpc) is 2.79. The summed E-state index contributed by atoms with van der Waals surface area (Å²) in [5, 5.41) is 3.11. The first kappa shape index (κ1) is 24.3. The Balaban J connectivity index is 1.67. The normalized spacial score (nSPS) is 18.0. The van der Waals surface area contributed by atoms with Crippen molar-refractivity contribution >= 4 is 17.5 Å². The molecule has 8 heteroatoms. The van der Waals surface area contributed by atoms with Crippen molar-refractivity contribution in [3.05, 3.63) is 58.4 Å². The molecule has 2 aromatic rings. The zero-order chi connectivity index (χ0) is 23.1. The van der Waals surface area contributed by atoms with E-state index in [4.69, 9.17) is 30.5 Å². The lowest BCUT2D eigenvalue weighted by Crippen LogP contribution is -2.39. The van der Waals surface area contributed by atoms with Crippen LogP contribution in [-0.2, 0) is 20.9 Å². The van der Waals surface area contributed by atoms with Gasteiger partial charge in [0.05, 0.1) is 18.2 Å². The SMILES string of the molecule is COc1ccc(OCc2c(Cl)cc(F)cc2[C@H](C)NC(=O)[C@H](C)OC2CCCCO2)cc1. The third kappa shape index (κ3) is 6.58. The van der Waals surface area contributed by atoms with Crippen LogP contribution in [0.5, 0.6) is 11.5 Å². The lowest BCUT2D eigenvalue weighted by molar-refractivity contribution is -0.189. The molecule has 3 rings (SSSR count). The topological polar surface area (TPSA) is 66.0 Å². The number of halogens is 2. The van der Waals surface area contributed by atoms with Crippen LogP contribution in [0.1, 0.15) is 50.3 Å². The van der Waals surface area contributed by atoms with E-state index in [1.807, 2.05) is 0 Å². The third-order valence-electron chi connectivity index (χ3n) is 5.33. The summed E-state index contributed by atoms with van der Waals surface area (Å²) in [6, 6.07) is 9.19. The molecule has 0 aromatic heterocycles. The molecule has 1 N–H and O–H groups in total. The Labute approximate surface area is 192 Å². The van der Waals surface area contributed by atoms with Crippen LogP contribution in [0.25, 0.3) is 0 Å². The quantitative estimate of drug-likeness (QED) is 0.553. The van der Waals surface area contributed by atoms with Gasteiger partial charge in [-0.15, -0.1) is 0 Å². The summed E-state index contributed by atoms with van der Waals surface area (Å²) in [6.07, 6.45) is 1.69. The van der Waals surface area contributed by atoms with E-state index in [1.165, 1.54) is 12.1 Å². The maximum Gasteiger partial charge on any atom is 0.249 e. The number of carbonyl (C=O) groups is 1. The monoisotopic (exact) mass is 465 g/mol. The van der Waals surface area contributed by atoms with Gasteiger partial charge in [-0.05, 0) is 75.1 Å². The number of nitrogens with one attached hydrogen (secondary N) is 1. The Bertz CT molecular complexity index is 902. The summed E-state index contributed by atoms with van der Waals surface area (Å²) < 4.78 is 36.4. The van der Waals surface area contributed by atoms with Gasteiger partial charge in [-0.25, -0.2) is 4.39 Å². The number of methoxy groups -OCH3 is 1. The predicted molar refractivity (Wildman–Crippen MR) is 119 cm³/mol. The molecule has 1 unspecified atom stereocenters. The highest BCUT2D eigenvalue weighted by Crippen LogP contribution is 2.29. The minimum atomic E-state index is -0.705. The zero-order valence-corrected chi connectivity index (χ0v) is 19.3. The van der Waals surface area contributed by atoms with Gasteiger partial charge < -0.3 is 24.3 Å². The van der Waals surface area contributed by atoms with Crippen molar-refractivity contribution in [3.8, 4) is 11.5 Å². The molecular weight excluding hydrogens is 437 g/mol. The maximum absolute atomic E-state index is 14.1. The molecule has 1 heterocycles. The number of ether oxygens (including phenoxy) is 4. The highest BCUT2D eigenvalue weighted by molar-refractivity contribution is 6.31. The fourth-order valence-corrected chi connectivity index (χ4v) is 3.77. The van der Waals surface area contributed by atoms with E-state index < -0.39 is 18.0 Å². The van der Waals surface area contributed by atoms with Crippen LogP contribution in [-0.4, -0.2) is 32.0 Å². The molecule has 0 bridgehead atoms. The van der Waals surface area contributed by atoms with Gasteiger partial charge in [0.15, 0.2) is 6.29 Å². The minimum absolute atomic E-state index is 0.114. The molecule has 0 spiro atoms. The number of benzene rings is 2. The first-order valence-corrected chi connectivity index (χ1v) is 11.1. The van der Waals surface area contributed by atoms with E-state index in [0.29, 0.717) is 29.2 Å². The Hall–Kier alpha value is -2.35. The number of hydrogen-bond donors (Lipinski definition) is 1. The second-order valence-corrected chi connectivity index (χ2v) is 8.13. The highest BCUT2D eigenvalue weighted by atomic mass is 35.5. The van der Waals surface area contributed by atoms with Crippen LogP contribution in [0.3, 0.4) is 0 Å². The van der Waals surface area contributed by atoms with E-state index in [0.717, 1.165) is 19.3 Å². The fourth-order valence-electron chi connectivity index (χ4n) is 3.51. The van der Waals surface area contributed by atoms with Crippen molar-refractivity contribution < 1.29 is 28.1 Å². The number of amides is 1. The summed E-state index contributed by atoms with van der Waals surface area (Å²) in [7, 11) is 1.59. The van der Waals surface area contributed by atoms with Gasteiger partial charge in [0.25, 0.3) is 0 Å². The second-order valence-electron chi connectivity index (χ2n) is 7.72. The van der Waals surface area contributed by atoms with Crippen LogP contribution in [0.15, 0.2) is 36.4 Å². The van der Waals surface area contributed by atoms with E-state index in [2.05, 4.69) is 5.32 Å². The Morgan fingerprint density at radius 2 is 1.94 bits per heavy atom. The molecule has 1 saturated heterocycles. The second kappa shape index (κ2) is 11.5. The summed E-state index contributed by atoms with van der Waals surface area (Å²) in [6.45, 7) is 4.19. The molecule has 6 nitrogen and oxygen atoms in total. The summed E-state index contributed by atoms with van der Waals surface area (Å²) >= 11 is 6.33. The van der Waals surface area contributed by atoms with Crippen LogP contribution < -0.4 is 14.8 Å². The van der Waals surface area contributed by atoms with Gasteiger partial charge in [-0.2, -0.15) is 0 Å². The molecule has 0 radical (unpaired) electrons. The molecule has 1 aliphatic rings. The predicted octanol–water partition coefficient (Wildman–Crippen LogP) is 5.18. The first-order valence-electron chi connectivity index (χ1n) is 10.7. The average molecular weight is 466 g/mol. The third-order valence-corrected chi connectivity index (χ3v) is 5.66. The molecule has 2 aromatic carbocycles. The van der Waals surface area contributed by atoms with Crippen LogP contribution >= 0.6 is 11.6 Å². The fraction of sp³-hybridized carbons (Fsp3) is 0.458. The van der Waals surface area contributed by atoms with Gasteiger partial charge in [-0.3, -0.25) is 4.79 Å². The van der Waals surface area contributed by atoms with Gasteiger partial charge in [0, 0.05) is 12.2 Å². The van der Waals surface area contributed by atoms with E-state index in [9.17, 15) is 9.18 Å². The molecule has 1 amide bonds. The molecule has 1 aliphatic heterocycles. The smallest absolute Gasteiger partial charge is 0.249 e. The highest BCUT2D eigenvalue weighted by Gasteiger charge is 2.24. The van der Waals surface area contributed by atoms with Crippen LogP contribution in [0.4, 0.5) is 4.39 Å². The molecular formula is C24H29ClFNO5. The Kier molecular flexibility index (Phi) is 8.73. The standard InChI is InChI=1S/C24H29ClFNO5/c1-15(27-24(28)16(2)32-23-6-4-5-11-30-23)20-12-17(26)13-22(25)21(20)14-31-19-9-7-18(29-3)8-10-19/h7-10,12-13,15-16,23H,4-6,11,14H2,1-3H3,(H,27,28)/t15-,16-,23?/m0/s1. The molecule has 32 heavy (non-hydrogen) atoms. The van der Waals surface area contributed by atoms with Gasteiger partial charge in [0.1, 0.15) is 30.0 Å². The van der Waals surface area contributed by atoms with Crippen molar-refractivity contribution in [2.75, 3.05) is 13.7 Å². The zero-order valence-electron chi connectivity index (χ0n) is 18.5. The molecule has 1 fully saturated rings. The Morgan fingerprint density at radius 1 is 1.22 bits per heavy atom. The number of hydrogen-bond acceptors (Lipinski definition) is 5. The molecule has 174 valence electrons. The number of rotatable bonds is 9. The van der Waals surface area contributed by atoms with Crippen LogP contribution in [0.2, 0.25) is 5.02 Å². The van der Waals surface area contributed by atoms with E-state index >= 15 is 0 Å². The summed E-state index contributed by atoms with van der Waals surface area (Å²) in [4.78, 5) is 12.7. The lowest BCUT2D eigenvalue weighted by atomic mass is 10.0. The number of carbonyl (C=O) groups excluding carboxylic acids is 1. The van der Waals surface area contributed by atoms with Crippen molar-refractivity contribution in [3.63, 3.8) is 0 Å². The van der Waals surface area contributed by atoms with Crippen molar-refractivity contribution in [1.29, 1.82) is 0 Å². The maximum atomic E-state index is 14.1. The molecule has 0 saturated carbocycles. The Morgan fingerprint density at radius 3 is 2.59 bits per heavy atom.